The van der Waals surface area contributed by atoms with E-state index in [-0.39, 0.29) is 11.8 Å². The average Bonchev–Trinajstić information content (AvgIpc) is 3.43. The van der Waals surface area contributed by atoms with Crippen molar-refractivity contribution in [2.75, 3.05) is 39.9 Å². The SMILES string of the molecule is COCCN1CCC2(CCN(C(=O)c3cn[nH]c3-c3cccs3)C2)C1=O. The topological polar surface area (TPSA) is 78.5 Å². The number of rotatable bonds is 5. The van der Waals surface area contributed by atoms with Gasteiger partial charge >= 0.3 is 0 Å². The van der Waals surface area contributed by atoms with Crippen molar-refractivity contribution in [3.05, 3.63) is 29.3 Å². The largest absolute Gasteiger partial charge is 0.383 e. The summed E-state index contributed by atoms with van der Waals surface area (Å²) in [5, 5.41) is 8.98. The van der Waals surface area contributed by atoms with E-state index in [9.17, 15) is 9.59 Å². The quantitative estimate of drug-likeness (QED) is 0.866. The third kappa shape index (κ3) is 2.83. The van der Waals surface area contributed by atoms with Crippen molar-refractivity contribution in [1.29, 1.82) is 0 Å². The van der Waals surface area contributed by atoms with Gasteiger partial charge in [0.1, 0.15) is 0 Å². The molecule has 2 aliphatic rings. The number of amides is 2. The number of aromatic nitrogens is 2. The number of aromatic amines is 1. The summed E-state index contributed by atoms with van der Waals surface area (Å²) in [5.74, 6) is 0.109. The van der Waals surface area contributed by atoms with E-state index in [1.54, 1.807) is 29.5 Å². The Labute approximate surface area is 155 Å². The first-order valence-corrected chi connectivity index (χ1v) is 9.67. The molecular weight excluding hydrogens is 352 g/mol. The number of nitrogens with zero attached hydrogens (tertiary/aromatic N) is 3. The van der Waals surface area contributed by atoms with Crippen LogP contribution in [0.3, 0.4) is 0 Å². The van der Waals surface area contributed by atoms with E-state index in [4.69, 9.17) is 4.74 Å². The fraction of sp³-hybridized carbons (Fsp3) is 0.500. The lowest BCUT2D eigenvalue weighted by Crippen LogP contribution is -2.39. The van der Waals surface area contributed by atoms with E-state index in [0.717, 1.165) is 30.0 Å². The number of hydrogen-bond donors (Lipinski definition) is 1. The van der Waals surface area contributed by atoms with Gasteiger partial charge in [-0.15, -0.1) is 11.3 Å². The van der Waals surface area contributed by atoms with E-state index in [1.165, 1.54) is 0 Å². The molecule has 2 aromatic rings. The Kier molecular flexibility index (Phi) is 4.54. The highest BCUT2D eigenvalue weighted by molar-refractivity contribution is 7.13. The van der Waals surface area contributed by atoms with E-state index in [1.807, 2.05) is 22.4 Å². The zero-order valence-corrected chi connectivity index (χ0v) is 15.6. The Balaban J connectivity index is 1.49. The Morgan fingerprint density at radius 1 is 1.42 bits per heavy atom. The van der Waals surface area contributed by atoms with E-state index < -0.39 is 5.41 Å². The summed E-state index contributed by atoms with van der Waals surface area (Å²) in [6, 6.07) is 3.92. The molecule has 0 aromatic carbocycles. The van der Waals surface area contributed by atoms with Crippen LogP contribution in [0.5, 0.6) is 0 Å². The third-order valence-electron chi connectivity index (χ3n) is 5.44. The third-order valence-corrected chi connectivity index (χ3v) is 6.33. The number of methoxy groups -OCH3 is 1. The van der Waals surface area contributed by atoms with Crippen molar-refractivity contribution < 1.29 is 14.3 Å². The van der Waals surface area contributed by atoms with Gasteiger partial charge in [0, 0.05) is 33.3 Å². The van der Waals surface area contributed by atoms with Crippen molar-refractivity contribution in [3.63, 3.8) is 0 Å². The minimum atomic E-state index is -0.420. The molecule has 1 spiro atoms. The van der Waals surface area contributed by atoms with Crippen LogP contribution in [0.15, 0.2) is 23.7 Å². The Morgan fingerprint density at radius 2 is 2.27 bits per heavy atom. The number of nitrogens with one attached hydrogen (secondary N) is 1. The second kappa shape index (κ2) is 6.85. The molecular formula is C18H22N4O3S. The van der Waals surface area contributed by atoms with Crippen LogP contribution in [-0.4, -0.2) is 71.7 Å². The fourth-order valence-corrected chi connectivity index (χ4v) is 4.69. The molecule has 0 aliphatic carbocycles. The summed E-state index contributed by atoms with van der Waals surface area (Å²) in [6.07, 6.45) is 3.12. The van der Waals surface area contributed by atoms with Crippen LogP contribution >= 0.6 is 11.3 Å². The maximum Gasteiger partial charge on any atom is 0.257 e. The monoisotopic (exact) mass is 374 g/mol. The van der Waals surface area contributed by atoms with Gasteiger partial charge in [-0.2, -0.15) is 5.10 Å². The first-order valence-electron chi connectivity index (χ1n) is 8.79. The molecule has 1 unspecified atom stereocenters. The first kappa shape index (κ1) is 17.2. The molecule has 1 atom stereocenters. The van der Waals surface area contributed by atoms with E-state index in [2.05, 4.69) is 10.2 Å². The van der Waals surface area contributed by atoms with E-state index in [0.29, 0.717) is 31.8 Å². The molecule has 4 rings (SSSR count). The molecule has 0 radical (unpaired) electrons. The summed E-state index contributed by atoms with van der Waals surface area (Å²) >= 11 is 1.57. The van der Waals surface area contributed by atoms with Crippen LogP contribution in [0.1, 0.15) is 23.2 Å². The lowest BCUT2D eigenvalue weighted by Gasteiger charge is -2.23. The van der Waals surface area contributed by atoms with Gasteiger partial charge in [-0.25, -0.2) is 0 Å². The Morgan fingerprint density at radius 3 is 3.04 bits per heavy atom. The van der Waals surface area contributed by atoms with Crippen molar-refractivity contribution in [2.24, 2.45) is 5.41 Å². The zero-order valence-electron chi connectivity index (χ0n) is 14.7. The van der Waals surface area contributed by atoms with Crippen LogP contribution in [0, 0.1) is 5.41 Å². The van der Waals surface area contributed by atoms with Crippen LogP contribution in [0.2, 0.25) is 0 Å². The van der Waals surface area contributed by atoms with Crippen LogP contribution in [-0.2, 0) is 9.53 Å². The number of hydrogen-bond acceptors (Lipinski definition) is 5. The molecule has 2 amide bonds. The van der Waals surface area contributed by atoms with Crippen LogP contribution < -0.4 is 0 Å². The molecule has 8 heteroatoms. The highest BCUT2D eigenvalue weighted by Gasteiger charge is 2.51. The summed E-state index contributed by atoms with van der Waals surface area (Å²) in [7, 11) is 1.64. The van der Waals surface area contributed by atoms with E-state index >= 15 is 0 Å². The van der Waals surface area contributed by atoms with Gasteiger partial charge in [-0.3, -0.25) is 14.7 Å². The Hall–Kier alpha value is -2.19. The van der Waals surface area contributed by atoms with Gasteiger partial charge in [-0.1, -0.05) is 6.07 Å². The maximum absolute atomic E-state index is 13.1. The van der Waals surface area contributed by atoms with Crippen molar-refractivity contribution >= 4 is 23.2 Å². The predicted molar refractivity (Wildman–Crippen MR) is 97.9 cm³/mol. The van der Waals surface area contributed by atoms with Gasteiger partial charge in [0.15, 0.2) is 0 Å². The minimum absolute atomic E-state index is 0.0535. The zero-order chi connectivity index (χ0) is 18.1. The standard InChI is InChI=1S/C18H22N4O3S/c1-25-9-8-21-6-4-18(17(21)24)5-7-22(12-18)16(23)13-11-19-20-15(13)14-3-2-10-26-14/h2-3,10-11H,4-9,12H2,1H3,(H,19,20). The Bertz CT molecular complexity index is 803. The predicted octanol–water partition coefficient (Wildman–Crippen LogP) is 1.85. The fourth-order valence-electron chi connectivity index (χ4n) is 3.96. The molecule has 2 aliphatic heterocycles. The average molecular weight is 374 g/mol. The number of carbonyl (C=O) groups is 2. The molecule has 0 saturated carbocycles. The number of ether oxygens (including phenoxy) is 1. The summed E-state index contributed by atoms with van der Waals surface area (Å²) in [6.45, 7) is 3.01. The smallest absolute Gasteiger partial charge is 0.257 e. The van der Waals surface area contributed by atoms with Gasteiger partial charge in [0.05, 0.1) is 34.4 Å². The lowest BCUT2D eigenvalue weighted by atomic mass is 9.85. The number of H-pyrrole nitrogens is 1. The molecule has 2 fully saturated rings. The second-order valence-electron chi connectivity index (χ2n) is 6.93. The number of likely N-dealkylation sites (tertiary alicyclic amines) is 2. The molecule has 0 bridgehead atoms. The number of thiophene rings is 1. The maximum atomic E-state index is 13.1. The lowest BCUT2D eigenvalue weighted by molar-refractivity contribution is -0.135. The summed E-state index contributed by atoms with van der Waals surface area (Å²) in [5.41, 5.74) is 0.910. The van der Waals surface area contributed by atoms with Crippen molar-refractivity contribution in [1.82, 2.24) is 20.0 Å². The molecule has 4 heterocycles. The highest BCUT2D eigenvalue weighted by Crippen LogP contribution is 2.41. The van der Waals surface area contributed by atoms with Crippen LogP contribution in [0.25, 0.3) is 10.6 Å². The van der Waals surface area contributed by atoms with Gasteiger partial charge in [0.25, 0.3) is 5.91 Å². The first-order chi connectivity index (χ1) is 12.6. The van der Waals surface area contributed by atoms with Crippen molar-refractivity contribution in [2.45, 2.75) is 12.8 Å². The molecule has 26 heavy (non-hydrogen) atoms. The van der Waals surface area contributed by atoms with Crippen molar-refractivity contribution in [3.8, 4) is 10.6 Å². The van der Waals surface area contributed by atoms with Gasteiger partial charge in [-0.05, 0) is 24.3 Å². The molecule has 7 nitrogen and oxygen atoms in total. The molecule has 2 saturated heterocycles. The highest BCUT2D eigenvalue weighted by atomic mass is 32.1. The van der Waals surface area contributed by atoms with Gasteiger partial charge < -0.3 is 14.5 Å². The van der Waals surface area contributed by atoms with Crippen LogP contribution in [0.4, 0.5) is 0 Å². The normalized spacial score (nSPS) is 22.7. The molecule has 2 aromatic heterocycles. The second-order valence-corrected chi connectivity index (χ2v) is 7.88. The van der Waals surface area contributed by atoms with Gasteiger partial charge in [0.2, 0.25) is 5.91 Å². The minimum Gasteiger partial charge on any atom is -0.383 e. The summed E-state index contributed by atoms with van der Waals surface area (Å²) in [4.78, 5) is 30.6. The molecule has 1 N–H and O–H groups in total. The number of carbonyl (C=O) groups excluding carboxylic acids is 2. The molecule has 138 valence electrons. The summed E-state index contributed by atoms with van der Waals surface area (Å²) < 4.78 is 5.09.